The second kappa shape index (κ2) is 19.2. The minimum Gasteiger partial charge on any atom is -0.462 e. The van der Waals surface area contributed by atoms with Crippen molar-refractivity contribution in [3.63, 3.8) is 0 Å². The lowest BCUT2D eigenvalue weighted by Gasteiger charge is -2.13. The Bertz CT molecular complexity index is 308. The topological polar surface area (TPSA) is 49.8 Å². The summed E-state index contributed by atoms with van der Waals surface area (Å²) in [6, 6.07) is 0. The van der Waals surface area contributed by atoms with Crippen LogP contribution in [0.15, 0.2) is 0 Å². The molecule has 0 heterocycles. The first-order chi connectivity index (χ1) is 12.6. The summed E-state index contributed by atoms with van der Waals surface area (Å²) in [5, 5.41) is 9.83. The molecular weight excluding hydrogens is 326 g/mol. The zero-order chi connectivity index (χ0) is 19.5. The molecule has 1 unspecified atom stereocenters. The fourth-order valence-electron chi connectivity index (χ4n) is 3.15. The summed E-state index contributed by atoms with van der Waals surface area (Å²) in [5.41, 5.74) is 0. The van der Waals surface area contributed by atoms with Crippen LogP contribution in [0.25, 0.3) is 0 Å². The first-order valence-electron chi connectivity index (χ1n) is 11.0. The van der Waals surface area contributed by atoms with E-state index in [1.54, 1.807) is 4.90 Å². The molecule has 0 fully saturated rings. The maximum atomic E-state index is 11.4. The first-order valence-corrected chi connectivity index (χ1v) is 11.0. The lowest BCUT2D eigenvalue weighted by atomic mass is 10.0. The van der Waals surface area contributed by atoms with Gasteiger partial charge >= 0.3 is 5.97 Å². The highest BCUT2D eigenvalue weighted by molar-refractivity contribution is 5.71. The van der Waals surface area contributed by atoms with Crippen LogP contribution >= 0.6 is 0 Å². The molecule has 156 valence electrons. The SMILES string of the molecule is CCCCCCCCCCCCCCCCC(O)COC(=O)CN(C)C. The smallest absolute Gasteiger partial charge is 0.320 e. The third-order valence-corrected chi connectivity index (χ3v) is 4.77. The normalized spacial score (nSPS) is 12.5. The second-order valence-electron chi connectivity index (χ2n) is 7.96. The number of likely N-dealkylation sites (N-methyl/N-ethyl adjacent to an activating group) is 1. The lowest BCUT2D eigenvalue weighted by molar-refractivity contribution is -0.147. The van der Waals surface area contributed by atoms with Gasteiger partial charge in [0.2, 0.25) is 0 Å². The first kappa shape index (κ1) is 25.4. The van der Waals surface area contributed by atoms with Gasteiger partial charge in [-0.3, -0.25) is 9.69 Å². The molecule has 26 heavy (non-hydrogen) atoms. The third-order valence-electron chi connectivity index (χ3n) is 4.77. The monoisotopic (exact) mass is 371 g/mol. The van der Waals surface area contributed by atoms with Crippen LogP contribution in [0.2, 0.25) is 0 Å². The molecule has 0 aliphatic rings. The molecule has 0 saturated heterocycles. The number of aliphatic hydroxyl groups is 1. The molecule has 1 N–H and O–H groups in total. The van der Waals surface area contributed by atoms with Crippen molar-refractivity contribution < 1.29 is 14.6 Å². The van der Waals surface area contributed by atoms with Crippen molar-refractivity contribution in [2.45, 2.75) is 109 Å². The van der Waals surface area contributed by atoms with Gasteiger partial charge in [0, 0.05) is 0 Å². The number of rotatable bonds is 19. The van der Waals surface area contributed by atoms with Gasteiger partial charge in [0.15, 0.2) is 0 Å². The molecule has 4 nitrogen and oxygen atoms in total. The quantitative estimate of drug-likeness (QED) is 0.246. The molecule has 0 aromatic heterocycles. The van der Waals surface area contributed by atoms with Crippen molar-refractivity contribution in [2.75, 3.05) is 27.2 Å². The van der Waals surface area contributed by atoms with Crippen molar-refractivity contribution in [1.29, 1.82) is 0 Å². The molecule has 0 radical (unpaired) electrons. The van der Waals surface area contributed by atoms with Crippen LogP contribution in [0, 0.1) is 0 Å². The second-order valence-corrected chi connectivity index (χ2v) is 7.96. The van der Waals surface area contributed by atoms with E-state index in [0.717, 1.165) is 12.8 Å². The molecule has 4 heteroatoms. The van der Waals surface area contributed by atoms with E-state index in [1.165, 1.54) is 83.5 Å². The van der Waals surface area contributed by atoms with Crippen LogP contribution in [0.1, 0.15) is 103 Å². The predicted octanol–water partition coefficient (Wildman–Crippen LogP) is 5.32. The number of aliphatic hydroxyl groups excluding tert-OH is 1. The van der Waals surface area contributed by atoms with E-state index in [4.69, 9.17) is 4.74 Å². The van der Waals surface area contributed by atoms with Gasteiger partial charge in [-0.25, -0.2) is 0 Å². The number of nitrogens with zero attached hydrogens (tertiary/aromatic N) is 1. The highest BCUT2D eigenvalue weighted by Gasteiger charge is 2.09. The fraction of sp³-hybridized carbons (Fsp3) is 0.955. The van der Waals surface area contributed by atoms with Crippen LogP contribution in [0.5, 0.6) is 0 Å². The summed E-state index contributed by atoms with van der Waals surface area (Å²) in [6.07, 6.45) is 18.9. The Balaban J connectivity index is 3.22. The van der Waals surface area contributed by atoms with Crippen molar-refractivity contribution in [3.8, 4) is 0 Å². The molecule has 1 atom stereocenters. The van der Waals surface area contributed by atoms with Crippen molar-refractivity contribution in [2.24, 2.45) is 0 Å². The average molecular weight is 372 g/mol. The zero-order valence-electron chi connectivity index (χ0n) is 17.8. The maximum Gasteiger partial charge on any atom is 0.320 e. The van der Waals surface area contributed by atoms with E-state index in [2.05, 4.69) is 6.92 Å². The van der Waals surface area contributed by atoms with Crippen LogP contribution in [-0.4, -0.2) is 49.3 Å². The molecule has 0 bridgehead atoms. The van der Waals surface area contributed by atoms with Crippen LogP contribution in [0.3, 0.4) is 0 Å². The van der Waals surface area contributed by atoms with Gasteiger partial charge in [-0.1, -0.05) is 96.8 Å². The Morgan fingerprint density at radius 1 is 0.808 bits per heavy atom. The Labute approximate surface area is 162 Å². The summed E-state index contributed by atoms with van der Waals surface area (Å²) in [5.74, 6) is -0.269. The average Bonchev–Trinajstić information content (AvgIpc) is 2.59. The van der Waals surface area contributed by atoms with Gasteiger partial charge in [0.25, 0.3) is 0 Å². The van der Waals surface area contributed by atoms with Crippen LogP contribution < -0.4 is 0 Å². The van der Waals surface area contributed by atoms with Crippen molar-refractivity contribution in [3.05, 3.63) is 0 Å². The number of esters is 1. The number of hydrogen-bond acceptors (Lipinski definition) is 4. The number of carbonyl (C=O) groups excluding carboxylic acids is 1. The number of ether oxygens (including phenoxy) is 1. The Morgan fingerprint density at radius 2 is 1.23 bits per heavy atom. The van der Waals surface area contributed by atoms with Gasteiger partial charge in [-0.2, -0.15) is 0 Å². The van der Waals surface area contributed by atoms with E-state index in [0.29, 0.717) is 0 Å². The molecule has 0 aliphatic heterocycles. The Hall–Kier alpha value is -0.610. The molecular formula is C22H45NO3. The van der Waals surface area contributed by atoms with Gasteiger partial charge in [0.05, 0.1) is 12.6 Å². The minimum absolute atomic E-state index is 0.130. The van der Waals surface area contributed by atoms with E-state index < -0.39 is 6.10 Å². The van der Waals surface area contributed by atoms with E-state index >= 15 is 0 Å². The molecule has 0 aliphatic carbocycles. The summed E-state index contributed by atoms with van der Waals surface area (Å²) < 4.78 is 5.05. The van der Waals surface area contributed by atoms with Crippen molar-refractivity contribution in [1.82, 2.24) is 4.90 Å². The molecule has 0 rings (SSSR count). The van der Waals surface area contributed by atoms with Crippen LogP contribution in [0.4, 0.5) is 0 Å². The molecule has 0 aromatic carbocycles. The standard InChI is InChI=1S/C22H45NO3/c1-4-5-6-7-8-9-10-11-12-13-14-15-16-17-18-21(24)20-26-22(25)19-23(2)3/h21,24H,4-20H2,1-3H3. The van der Waals surface area contributed by atoms with Gasteiger partial charge in [-0.05, 0) is 20.5 Å². The number of unbranched alkanes of at least 4 members (excludes halogenated alkanes) is 13. The van der Waals surface area contributed by atoms with Crippen molar-refractivity contribution >= 4 is 5.97 Å². The highest BCUT2D eigenvalue weighted by Crippen LogP contribution is 2.13. The summed E-state index contributed by atoms with van der Waals surface area (Å²) in [6.45, 7) is 2.67. The Morgan fingerprint density at radius 3 is 1.65 bits per heavy atom. The predicted molar refractivity (Wildman–Crippen MR) is 110 cm³/mol. The Kier molecular flexibility index (Phi) is 18.7. The highest BCUT2D eigenvalue weighted by atomic mass is 16.5. The summed E-state index contributed by atoms with van der Waals surface area (Å²) in [7, 11) is 3.65. The molecule has 0 aromatic rings. The van der Waals surface area contributed by atoms with E-state index in [-0.39, 0.29) is 19.1 Å². The van der Waals surface area contributed by atoms with E-state index in [9.17, 15) is 9.90 Å². The fourth-order valence-corrected chi connectivity index (χ4v) is 3.15. The van der Waals surface area contributed by atoms with E-state index in [1.807, 2.05) is 14.1 Å². The minimum atomic E-state index is -0.515. The summed E-state index contributed by atoms with van der Waals surface area (Å²) >= 11 is 0. The zero-order valence-corrected chi connectivity index (χ0v) is 17.8. The third kappa shape index (κ3) is 19.7. The largest absolute Gasteiger partial charge is 0.462 e. The maximum absolute atomic E-state index is 11.4. The summed E-state index contributed by atoms with van der Waals surface area (Å²) in [4.78, 5) is 13.2. The molecule has 0 spiro atoms. The van der Waals surface area contributed by atoms with Crippen LogP contribution in [-0.2, 0) is 9.53 Å². The molecule has 0 amide bonds. The molecule has 0 saturated carbocycles. The lowest BCUT2D eigenvalue weighted by Crippen LogP contribution is -2.26. The number of carbonyl (C=O) groups is 1. The number of hydrogen-bond donors (Lipinski definition) is 1. The van der Waals surface area contributed by atoms with Gasteiger partial charge in [-0.15, -0.1) is 0 Å². The van der Waals surface area contributed by atoms with Gasteiger partial charge < -0.3 is 9.84 Å². The van der Waals surface area contributed by atoms with Gasteiger partial charge in [0.1, 0.15) is 6.61 Å².